The van der Waals surface area contributed by atoms with Gasteiger partial charge in [-0.05, 0) is 49.8 Å². The van der Waals surface area contributed by atoms with Crippen LogP contribution in [0, 0.1) is 31.5 Å². The fraction of sp³-hybridized carbons (Fsp3) is 0.562. The van der Waals surface area contributed by atoms with E-state index in [-0.39, 0.29) is 17.5 Å². The summed E-state index contributed by atoms with van der Waals surface area (Å²) in [7, 11) is 0. The summed E-state index contributed by atoms with van der Waals surface area (Å²) in [5.74, 6) is 0.392. The van der Waals surface area contributed by atoms with Crippen LogP contribution in [0.3, 0.4) is 0 Å². The molecule has 0 aliphatic heterocycles. The van der Waals surface area contributed by atoms with Crippen molar-refractivity contribution in [2.24, 2.45) is 11.8 Å². The number of aryl methyl sites for hydroxylation is 2. The molecule has 0 heterocycles. The third-order valence-electron chi connectivity index (χ3n) is 4.06. The Morgan fingerprint density at radius 2 is 1.78 bits per heavy atom. The number of Topliss-reactive ketones (excluding diaryl/α,β-unsaturated/α-hetero) is 1. The zero-order valence-corrected chi connectivity index (χ0v) is 11.4. The summed E-state index contributed by atoms with van der Waals surface area (Å²) in [5, 5.41) is 0. The summed E-state index contributed by atoms with van der Waals surface area (Å²) in [6, 6.07) is 3.35. The lowest BCUT2D eigenvalue weighted by molar-refractivity contribution is 0.0870. The summed E-state index contributed by atoms with van der Waals surface area (Å²) in [6.07, 6.45) is 3.99. The smallest absolute Gasteiger partial charge is 0.169 e. The molecule has 2 rings (SSSR count). The predicted octanol–water partition coefficient (Wildman–Crippen LogP) is 4.45. The number of ketones is 1. The van der Waals surface area contributed by atoms with Gasteiger partial charge in [0.15, 0.2) is 5.78 Å². The molecule has 1 aromatic carbocycles. The molecule has 1 nitrogen and oxygen atoms in total. The molecule has 0 radical (unpaired) electrons. The van der Waals surface area contributed by atoms with Gasteiger partial charge in [0, 0.05) is 5.92 Å². The Labute approximate surface area is 108 Å². The Balaban J connectivity index is 2.24. The number of rotatable bonds is 2. The first-order valence-electron chi connectivity index (χ1n) is 6.80. The molecule has 0 N–H and O–H groups in total. The van der Waals surface area contributed by atoms with Crippen LogP contribution in [0.25, 0.3) is 0 Å². The molecule has 98 valence electrons. The van der Waals surface area contributed by atoms with Crippen molar-refractivity contribution in [3.8, 4) is 0 Å². The van der Waals surface area contributed by atoms with Gasteiger partial charge in [-0.3, -0.25) is 4.79 Å². The van der Waals surface area contributed by atoms with E-state index in [1.165, 1.54) is 6.07 Å². The summed E-state index contributed by atoms with van der Waals surface area (Å²) in [6.45, 7) is 5.90. The van der Waals surface area contributed by atoms with Crippen LogP contribution in [0.1, 0.15) is 54.1 Å². The highest BCUT2D eigenvalue weighted by atomic mass is 19.1. The van der Waals surface area contributed by atoms with Crippen molar-refractivity contribution >= 4 is 5.78 Å². The van der Waals surface area contributed by atoms with Crippen molar-refractivity contribution in [2.75, 3.05) is 0 Å². The van der Waals surface area contributed by atoms with E-state index in [9.17, 15) is 9.18 Å². The molecule has 0 aromatic heterocycles. The monoisotopic (exact) mass is 248 g/mol. The Bertz CT molecular complexity index is 433. The van der Waals surface area contributed by atoms with Gasteiger partial charge in [-0.15, -0.1) is 0 Å². The van der Waals surface area contributed by atoms with E-state index >= 15 is 0 Å². The van der Waals surface area contributed by atoms with Crippen molar-refractivity contribution < 1.29 is 9.18 Å². The van der Waals surface area contributed by atoms with Gasteiger partial charge in [0.25, 0.3) is 0 Å². The van der Waals surface area contributed by atoms with Crippen LogP contribution < -0.4 is 0 Å². The van der Waals surface area contributed by atoms with E-state index in [1.807, 2.05) is 19.9 Å². The van der Waals surface area contributed by atoms with Crippen molar-refractivity contribution in [3.05, 3.63) is 34.6 Å². The molecule has 1 aliphatic carbocycles. The van der Waals surface area contributed by atoms with Crippen molar-refractivity contribution in [1.29, 1.82) is 0 Å². The van der Waals surface area contributed by atoms with Crippen molar-refractivity contribution in [1.82, 2.24) is 0 Å². The van der Waals surface area contributed by atoms with Gasteiger partial charge in [-0.25, -0.2) is 4.39 Å². The summed E-state index contributed by atoms with van der Waals surface area (Å²) >= 11 is 0. The molecule has 1 saturated carbocycles. The number of hydrogen-bond donors (Lipinski definition) is 0. The second-order valence-corrected chi connectivity index (χ2v) is 5.76. The average molecular weight is 248 g/mol. The van der Waals surface area contributed by atoms with Crippen molar-refractivity contribution in [2.45, 2.75) is 46.5 Å². The maximum absolute atomic E-state index is 14.0. The van der Waals surface area contributed by atoms with Crippen LogP contribution in [0.2, 0.25) is 0 Å². The Morgan fingerprint density at radius 1 is 1.17 bits per heavy atom. The average Bonchev–Trinajstić information content (AvgIpc) is 2.28. The maximum atomic E-state index is 14.0. The molecule has 1 aromatic rings. The van der Waals surface area contributed by atoms with Crippen molar-refractivity contribution in [3.63, 3.8) is 0 Å². The molecule has 2 heteroatoms. The Morgan fingerprint density at radius 3 is 2.33 bits per heavy atom. The molecule has 0 bridgehead atoms. The normalized spacial score (nSPS) is 24.0. The molecule has 0 spiro atoms. The third-order valence-corrected chi connectivity index (χ3v) is 4.06. The van der Waals surface area contributed by atoms with E-state index in [1.54, 1.807) is 0 Å². The van der Waals surface area contributed by atoms with E-state index < -0.39 is 0 Å². The molecule has 0 amide bonds. The fourth-order valence-corrected chi connectivity index (χ4v) is 2.95. The molecule has 0 saturated heterocycles. The fourth-order valence-electron chi connectivity index (χ4n) is 2.95. The predicted molar refractivity (Wildman–Crippen MR) is 71.3 cm³/mol. The largest absolute Gasteiger partial charge is 0.294 e. The highest BCUT2D eigenvalue weighted by Gasteiger charge is 2.27. The van der Waals surface area contributed by atoms with E-state index in [2.05, 4.69) is 6.92 Å². The van der Waals surface area contributed by atoms with E-state index in [0.717, 1.165) is 36.8 Å². The SMILES string of the molecule is Cc1cc(C)c(C(=O)C2CCC(C)CC2)c(F)c1. The van der Waals surface area contributed by atoms with Crippen LogP contribution in [0.5, 0.6) is 0 Å². The van der Waals surface area contributed by atoms with Gasteiger partial charge in [-0.1, -0.05) is 25.8 Å². The minimum Gasteiger partial charge on any atom is -0.294 e. The quantitative estimate of drug-likeness (QED) is 0.707. The topological polar surface area (TPSA) is 17.1 Å². The lowest BCUT2D eigenvalue weighted by Crippen LogP contribution is -2.22. The number of carbonyl (C=O) groups excluding carboxylic acids is 1. The lowest BCUT2D eigenvalue weighted by Gasteiger charge is -2.25. The van der Waals surface area contributed by atoms with Crippen LogP contribution in [0.4, 0.5) is 4.39 Å². The zero-order chi connectivity index (χ0) is 13.3. The first-order chi connectivity index (χ1) is 8.49. The highest BCUT2D eigenvalue weighted by molar-refractivity contribution is 5.99. The third kappa shape index (κ3) is 2.63. The van der Waals surface area contributed by atoms with Crippen LogP contribution in [-0.2, 0) is 0 Å². The van der Waals surface area contributed by atoms with Crippen LogP contribution in [-0.4, -0.2) is 5.78 Å². The van der Waals surface area contributed by atoms with E-state index in [4.69, 9.17) is 0 Å². The number of benzene rings is 1. The molecule has 1 aliphatic rings. The first kappa shape index (κ1) is 13.3. The number of carbonyl (C=O) groups is 1. The Kier molecular flexibility index (Phi) is 3.84. The minimum atomic E-state index is -0.351. The van der Waals surface area contributed by atoms with Gasteiger partial charge in [0.1, 0.15) is 5.82 Å². The molecule has 18 heavy (non-hydrogen) atoms. The second-order valence-electron chi connectivity index (χ2n) is 5.76. The number of halogens is 1. The Hall–Kier alpha value is -1.18. The van der Waals surface area contributed by atoms with Gasteiger partial charge >= 0.3 is 0 Å². The second kappa shape index (κ2) is 5.21. The maximum Gasteiger partial charge on any atom is 0.169 e. The molecule has 0 atom stereocenters. The van der Waals surface area contributed by atoms with Gasteiger partial charge in [0.2, 0.25) is 0 Å². The first-order valence-corrected chi connectivity index (χ1v) is 6.80. The van der Waals surface area contributed by atoms with Gasteiger partial charge in [0.05, 0.1) is 5.56 Å². The highest BCUT2D eigenvalue weighted by Crippen LogP contribution is 2.32. The molecule has 1 fully saturated rings. The standard InChI is InChI=1S/C16H21FO/c1-10-4-6-13(7-5-10)16(18)15-12(3)8-11(2)9-14(15)17/h8-10,13H,4-7H2,1-3H3. The van der Waals surface area contributed by atoms with Crippen LogP contribution in [0.15, 0.2) is 12.1 Å². The molecular weight excluding hydrogens is 227 g/mol. The number of hydrogen-bond acceptors (Lipinski definition) is 1. The summed E-state index contributed by atoms with van der Waals surface area (Å²) in [5.41, 5.74) is 1.97. The zero-order valence-electron chi connectivity index (χ0n) is 11.4. The molecule has 0 unspecified atom stereocenters. The van der Waals surface area contributed by atoms with E-state index in [0.29, 0.717) is 11.5 Å². The van der Waals surface area contributed by atoms with Crippen LogP contribution >= 0.6 is 0 Å². The van der Waals surface area contributed by atoms with Gasteiger partial charge in [-0.2, -0.15) is 0 Å². The summed E-state index contributed by atoms with van der Waals surface area (Å²) in [4.78, 5) is 12.4. The lowest BCUT2D eigenvalue weighted by atomic mass is 9.78. The minimum absolute atomic E-state index is 0.0110. The van der Waals surface area contributed by atoms with Gasteiger partial charge < -0.3 is 0 Å². The summed E-state index contributed by atoms with van der Waals surface area (Å²) < 4.78 is 14.0. The molecular formula is C16H21FO.